The molecule has 1 saturated heterocycles. The van der Waals surface area contributed by atoms with Crippen molar-refractivity contribution in [1.82, 2.24) is 16.0 Å². The first-order valence-electron chi connectivity index (χ1n) is 10.4. The molecule has 0 aliphatic carbocycles. The normalized spacial score (nSPS) is 13.9. The minimum absolute atomic E-state index is 0.143. The van der Waals surface area contributed by atoms with Crippen LogP contribution in [0.2, 0.25) is 0 Å². The summed E-state index contributed by atoms with van der Waals surface area (Å²) >= 11 is 0. The molecule has 0 atom stereocenters. The summed E-state index contributed by atoms with van der Waals surface area (Å²) in [4.78, 5) is 29.8. The van der Waals surface area contributed by atoms with Gasteiger partial charge in [-0.1, -0.05) is 24.3 Å². The SMILES string of the molecule is CN=C(NCCNC(=O)Cc1cccc(F)c1)NCc1ccc(N2CCCC2=O)cc1. The molecule has 0 radical (unpaired) electrons. The molecular weight excluding hydrogens is 397 g/mol. The lowest BCUT2D eigenvalue weighted by molar-refractivity contribution is -0.120. The van der Waals surface area contributed by atoms with Crippen molar-refractivity contribution in [3.8, 4) is 0 Å². The van der Waals surface area contributed by atoms with Gasteiger partial charge in [0.15, 0.2) is 5.96 Å². The quantitative estimate of drug-likeness (QED) is 0.343. The highest BCUT2D eigenvalue weighted by Crippen LogP contribution is 2.21. The fourth-order valence-corrected chi connectivity index (χ4v) is 3.40. The Morgan fingerprint density at radius 2 is 1.84 bits per heavy atom. The zero-order valence-electron chi connectivity index (χ0n) is 17.7. The summed E-state index contributed by atoms with van der Waals surface area (Å²) < 4.78 is 13.2. The molecule has 31 heavy (non-hydrogen) atoms. The molecule has 0 bridgehead atoms. The van der Waals surface area contributed by atoms with Crippen molar-refractivity contribution < 1.29 is 14.0 Å². The van der Waals surface area contributed by atoms with E-state index in [9.17, 15) is 14.0 Å². The summed E-state index contributed by atoms with van der Waals surface area (Å²) in [6.45, 7) is 2.30. The Balaban J connectivity index is 1.36. The van der Waals surface area contributed by atoms with Crippen LogP contribution < -0.4 is 20.9 Å². The average molecular weight is 426 g/mol. The summed E-state index contributed by atoms with van der Waals surface area (Å²) in [5.74, 6) is 0.296. The highest BCUT2D eigenvalue weighted by Gasteiger charge is 2.21. The van der Waals surface area contributed by atoms with Crippen molar-refractivity contribution in [2.24, 2.45) is 4.99 Å². The highest BCUT2D eigenvalue weighted by atomic mass is 19.1. The second kappa shape index (κ2) is 11.1. The molecule has 0 aromatic heterocycles. The second-order valence-corrected chi connectivity index (χ2v) is 7.32. The minimum atomic E-state index is -0.346. The van der Waals surface area contributed by atoms with E-state index in [0.29, 0.717) is 37.6 Å². The highest BCUT2D eigenvalue weighted by molar-refractivity contribution is 5.95. The fraction of sp³-hybridized carbons (Fsp3) is 0.348. The molecule has 0 spiro atoms. The second-order valence-electron chi connectivity index (χ2n) is 7.32. The first kappa shape index (κ1) is 22.3. The van der Waals surface area contributed by atoms with Crippen molar-refractivity contribution in [3.05, 3.63) is 65.5 Å². The van der Waals surface area contributed by atoms with Gasteiger partial charge in [-0.25, -0.2) is 4.39 Å². The first-order valence-corrected chi connectivity index (χ1v) is 10.4. The van der Waals surface area contributed by atoms with E-state index in [0.717, 1.165) is 24.2 Å². The van der Waals surface area contributed by atoms with Crippen LogP contribution in [0.3, 0.4) is 0 Å². The number of halogens is 1. The molecule has 2 aromatic carbocycles. The van der Waals surface area contributed by atoms with Crippen molar-refractivity contribution in [2.75, 3.05) is 31.6 Å². The summed E-state index contributed by atoms with van der Waals surface area (Å²) in [6, 6.07) is 13.9. The molecule has 0 saturated carbocycles. The predicted molar refractivity (Wildman–Crippen MR) is 119 cm³/mol. The van der Waals surface area contributed by atoms with E-state index in [-0.39, 0.29) is 24.1 Å². The summed E-state index contributed by atoms with van der Waals surface area (Å²) in [7, 11) is 1.68. The molecule has 3 rings (SSSR count). The fourth-order valence-electron chi connectivity index (χ4n) is 3.40. The molecule has 7 nitrogen and oxygen atoms in total. The third kappa shape index (κ3) is 6.80. The number of nitrogens with zero attached hydrogens (tertiary/aromatic N) is 2. The van der Waals surface area contributed by atoms with Crippen molar-refractivity contribution in [3.63, 3.8) is 0 Å². The lowest BCUT2D eigenvalue weighted by Crippen LogP contribution is -2.41. The number of carbonyl (C=O) groups is 2. The summed E-state index contributed by atoms with van der Waals surface area (Å²) in [5.41, 5.74) is 2.65. The Morgan fingerprint density at radius 1 is 1.06 bits per heavy atom. The molecule has 2 aromatic rings. The van der Waals surface area contributed by atoms with E-state index in [2.05, 4.69) is 20.9 Å². The van der Waals surface area contributed by atoms with Crippen LogP contribution in [-0.2, 0) is 22.6 Å². The number of aliphatic imine (C=N–C) groups is 1. The van der Waals surface area contributed by atoms with Crippen LogP contribution in [0.4, 0.5) is 10.1 Å². The van der Waals surface area contributed by atoms with Crippen molar-refractivity contribution in [1.29, 1.82) is 0 Å². The third-order valence-corrected chi connectivity index (χ3v) is 5.00. The van der Waals surface area contributed by atoms with Gasteiger partial charge in [-0.15, -0.1) is 0 Å². The molecule has 8 heteroatoms. The molecular formula is C23H28FN5O2. The maximum atomic E-state index is 13.2. The van der Waals surface area contributed by atoms with Crippen LogP contribution in [0.25, 0.3) is 0 Å². The molecule has 3 N–H and O–H groups in total. The number of hydrogen-bond acceptors (Lipinski definition) is 3. The molecule has 2 amide bonds. The minimum Gasteiger partial charge on any atom is -0.355 e. The lowest BCUT2D eigenvalue weighted by Gasteiger charge is -2.16. The third-order valence-electron chi connectivity index (χ3n) is 5.00. The molecule has 1 aliphatic rings. The van der Waals surface area contributed by atoms with Gasteiger partial charge >= 0.3 is 0 Å². The monoisotopic (exact) mass is 425 g/mol. The number of hydrogen-bond donors (Lipinski definition) is 3. The summed E-state index contributed by atoms with van der Waals surface area (Å²) in [5, 5.41) is 9.16. The van der Waals surface area contributed by atoms with Gasteiger partial charge in [0.1, 0.15) is 5.82 Å². The largest absolute Gasteiger partial charge is 0.355 e. The smallest absolute Gasteiger partial charge is 0.227 e. The van der Waals surface area contributed by atoms with E-state index in [1.54, 1.807) is 19.2 Å². The zero-order chi connectivity index (χ0) is 22.1. The van der Waals surface area contributed by atoms with Crippen molar-refractivity contribution in [2.45, 2.75) is 25.8 Å². The van der Waals surface area contributed by atoms with Gasteiger partial charge in [0.05, 0.1) is 6.42 Å². The Hall–Kier alpha value is -3.42. The zero-order valence-corrected chi connectivity index (χ0v) is 17.7. The summed E-state index contributed by atoms with van der Waals surface area (Å²) in [6.07, 6.45) is 1.68. The Morgan fingerprint density at radius 3 is 2.52 bits per heavy atom. The number of carbonyl (C=O) groups excluding carboxylic acids is 2. The topological polar surface area (TPSA) is 85.8 Å². The maximum Gasteiger partial charge on any atom is 0.227 e. The molecule has 1 fully saturated rings. The van der Waals surface area contributed by atoms with Gasteiger partial charge < -0.3 is 20.9 Å². The Labute approximate surface area is 181 Å². The van der Waals surface area contributed by atoms with Crippen LogP contribution >= 0.6 is 0 Å². The van der Waals surface area contributed by atoms with Gasteiger partial charge in [-0.2, -0.15) is 0 Å². The van der Waals surface area contributed by atoms with Crippen LogP contribution in [-0.4, -0.2) is 44.5 Å². The first-order chi connectivity index (χ1) is 15.0. The van der Waals surface area contributed by atoms with E-state index in [1.807, 2.05) is 29.2 Å². The number of benzene rings is 2. The lowest BCUT2D eigenvalue weighted by atomic mass is 10.1. The number of amides is 2. The van der Waals surface area contributed by atoms with Gasteiger partial charge in [0, 0.05) is 45.3 Å². The molecule has 0 unspecified atom stereocenters. The van der Waals surface area contributed by atoms with Crippen LogP contribution in [0.5, 0.6) is 0 Å². The standard InChI is InChI=1S/C23H28FN5O2/c1-25-23(27-12-11-26-21(30)15-18-4-2-5-19(24)14-18)28-16-17-7-9-20(10-8-17)29-13-3-6-22(29)31/h2,4-5,7-10,14H,3,6,11-13,15-16H2,1H3,(H,26,30)(H2,25,27,28). The Bertz CT molecular complexity index is 930. The van der Waals surface area contributed by atoms with E-state index >= 15 is 0 Å². The number of anilines is 1. The van der Waals surface area contributed by atoms with Crippen molar-refractivity contribution >= 4 is 23.5 Å². The predicted octanol–water partition coefficient (Wildman–Crippen LogP) is 1.98. The number of rotatable bonds is 8. The van der Waals surface area contributed by atoms with Crippen LogP contribution in [0, 0.1) is 5.82 Å². The average Bonchev–Trinajstić information content (AvgIpc) is 3.19. The van der Waals surface area contributed by atoms with Gasteiger partial charge in [-0.3, -0.25) is 14.6 Å². The van der Waals surface area contributed by atoms with Gasteiger partial charge in [0.2, 0.25) is 11.8 Å². The number of guanidine groups is 1. The van der Waals surface area contributed by atoms with Crippen LogP contribution in [0.1, 0.15) is 24.0 Å². The van der Waals surface area contributed by atoms with Gasteiger partial charge in [-0.05, 0) is 41.8 Å². The maximum absolute atomic E-state index is 13.2. The van der Waals surface area contributed by atoms with E-state index in [4.69, 9.17) is 0 Å². The number of nitrogens with one attached hydrogen (secondary N) is 3. The molecule has 1 aliphatic heterocycles. The van der Waals surface area contributed by atoms with Gasteiger partial charge in [0.25, 0.3) is 0 Å². The van der Waals surface area contributed by atoms with E-state index in [1.165, 1.54) is 12.1 Å². The molecule has 1 heterocycles. The van der Waals surface area contributed by atoms with E-state index < -0.39 is 0 Å². The Kier molecular flexibility index (Phi) is 7.98. The van der Waals surface area contributed by atoms with Crippen LogP contribution in [0.15, 0.2) is 53.5 Å². The molecule has 164 valence electrons.